The Bertz CT molecular complexity index is 1140. The van der Waals surface area contributed by atoms with Crippen molar-refractivity contribution in [1.82, 2.24) is 20.2 Å². The number of amides is 1. The first kappa shape index (κ1) is 26.6. The van der Waals surface area contributed by atoms with Crippen molar-refractivity contribution in [2.24, 2.45) is 0 Å². The van der Waals surface area contributed by atoms with Gasteiger partial charge >= 0.3 is 0 Å². The van der Waals surface area contributed by atoms with Crippen LogP contribution in [-0.2, 0) is 4.79 Å². The van der Waals surface area contributed by atoms with E-state index in [0.717, 1.165) is 44.0 Å². The molecule has 2 heterocycles. The molecule has 2 aromatic rings. The molecular formula is C25H33FN8O2. The highest BCUT2D eigenvalue weighted by molar-refractivity contribution is 6.07. The number of carbonyl (C=O) groups is 1. The molecule has 0 aliphatic carbocycles. The number of anilines is 4. The van der Waals surface area contributed by atoms with E-state index in [1.165, 1.54) is 12.3 Å². The molecule has 1 aliphatic heterocycles. The topological polar surface area (TPSA) is 118 Å². The fourth-order valence-corrected chi connectivity index (χ4v) is 4.09. The molecule has 11 heteroatoms. The Morgan fingerprint density at radius 1 is 1.31 bits per heavy atom. The Labute approximate surface area is 210 Å². The fourth-order valence-electron chi connectivity index (χ4n) is 4.09. The Hall–Kier alpha value is -3.99. The molecule has 0 radical (unpaired) electrons. The summed E-state index contributed by atoms with van der Waals surface area (Å²) < 4.78 is 20.0. The number of nitrogens with one attached hydrogen (secondary N) is 4. The molecule has 4 N–H and O–H groups in total. The maximum Gasteiger partial charge on any atom is 0.247 e. The molecule has 10 nitrogen and oxygen atoms in total. The number of aromatic nitrogens is 2. The van der Waals surface area contributed by atoms with E-state index in [1.807, 2.05) is 6.07 Å². The van der Waals surface area contributed by atoms with Crippen molar-refractivity contribution < 1.29 is 13.9 Å². The van der Waals surface area contributed by atoms with Gasteiger partial charge in [-0.1, -0.05) is 6.58 Å². The zero-order valence-electron chi connectivity index (χ0n) is 21.1. The van der Waals surface area contributed by atoms with Gasteiger partial charge in [-0.05, 0) is 39.1 Å². The highest BCUT2D eigenvalue weighted by atomic mass is 19.1. The van der Waals surface area contributed by atoms with Crippen molar-refractivity contribution in [2.45, 2.75) is 18.9 Å². The van der Waals surface area contributed by atoms with E-state index in [0.29, 0.717) is 23.2 Å². The maximum absolute atomic E-state index is 14.4. The summed E-state index contributed by atoms with van der Waals surface area (Å²) in [5, 5.41) is 16.3. The number of methoxy groups -OCH3 is 1. The average molecular weight is 497 g/mol. The van der Waals surface area contributed by atoms with Crippen molar-refractivity contribution >= 4 is 40.7 Å². The molecule has 1 aliphatic rings. The van der Waals surface area contributed by atoms with E-state index >= 15 is 0 Å². The minimum Gasteiger partial charge on any atom is -0.494 e. The molecule has 0 unspecified atom stereocenters. The first-order chi connectivity index (χ1) is 17.3. The lowest BCUT2D eigenvalue weighted by molar-refractivity contribution is -0.111. The second-order valence-corrected chi connectivity index (χ2v) is 8.49. The van der Waals surface area contributed by atoms with Crippen LogP contribution in [0.1, 0.15) is 18.5 Å². The smallest absolute Gasteiger partial charge is 0.247 e. The molecule has 1 aromatic heterocycles. The van der Waals surface area contributed by atoms with Crippen molar-refractivity contribution in [3.05, 3.63) is 48.7 Å². The normalized spacial score (nSPS) is 14.4. The Morgan fingerprint density at radius 2 is 2.03 bits per heavy atom. The van der Waals surface area contributed by atoms with Crippen LogP contribution in [0.4, 0.5) is 27.4 Å². The Morgan fingerprint density at radius 3 is 2.61 bits per heavy atom. The van der Waals surface area contributed by atoms with Crippen LogP contribution in [0.5, 0.6) is 5.75 Å². The summed E-state index contributed by atoms with van der Waals surface area (Å²) in [5.74, 6) is -0.394. The lowest BCUT2D eigenvalue weighted by Crippen LogP contribution is -2.42. The molecule has 1 saturated heterocycles. The van der Waals surface area contributed by atoms with E-state index in [2.05, 4.69) is 56.4 Å². The van der Waals surface area contributed by atoms with Crippen LogP contribution in [0.3, 0.4) is 0 Å². The number of rotatable bonds is 10. The summed E-state index contributed by atoms with van der Waals surface area (Å²) in [7, 11) is 7.37. The number of carbonyl (C=O) groups excluding carboxylic acids is 1. The summed E-state index contributed by atoms with van der Waals surface area (Å²) in [4.78, 5) is 25.0. The van der Waals surface area contributed by atoms with Gasteiger partial charge in [0.05, 0.1) is 30.4 Å². The molecule has 3 rings (SSSR count). The van der Waals surface area contributed by atoms with Crippen LogP contribution < -0.4 is 25.6 Å². The van der Waals surface area contributed by atoms with Gasteiger partial charge in [-0.2, -0.15) is 0 Å². The van der Waals surface area contributed by atoms with Crippen LogP contribution in [-0.4, -0.2) is 74.4 Å². The molecule has 1 amide bonds. The van der Waals surface area contributed by atoms with E-state index in [-0.39, 0.29) is 23.1 Å². The number of ether oxygens (including phenoxy) is 1. The van der Waals surface area contributed by atoms with Gasteiger partial charge in [0.15, 0.2) is 5.82 Å². The first-order valence-corrected chi connectivity index (χ1v) is 11.6. The zero-order chi connectivity index (χ0) is 26.2. The van der Waals surface area contributed by atoms with Crippen LogP contribution in [0, 0.1) is 11.2 Å². The predicted octanol–water partition coefficient (Wildman–Crippen LogP) is 3.23. The van der Waals surface area contributed by atoms with Crippen molar-refractivity contribution in [3.8, 4) is 5.75 Å². The summed E-state index contributed by atoms with van der Waals surface area (Å²) in [6.07, 6.45) is 6.71. The third-order valence-electron chi connectivity index (χ3n) is 6.02. The van der Waals surface area contributed by atoms with Crippen LogP contribution in [0.15, 0.2) is 37.2 Å². The van der Waals surface area contributed by atoms with Gasteiger partial charge < -0.3 is 35.9 Å². The number of piperidine rings is 1. The lowest BCUT2D eigenvalue weighted by atomic mass is 10.0. The monoisotopic (exact) mass is 496 g/mol. The molecule has 0 spiro atoms. The number of allylic oxidation sites excluding steroid dienone is 1. The van der Waals surface area contributed by atoms with Gasteiger partial charge in [-0.25, -0.2) is 14.4 Å². The average Bonchev–Trinajstić information content (AvgIpc) is 2.88. The SMILES string of the molecule is C=CC(=O)Nc1cc(Nc2ncc(F)c(/C(C=N)=C/NC)n2)c(OC)cc1N1CCC(N(C)C)CC1. The second kappa shape index (κ2) is 12.1. The van der Waals surface area contributed by atoms with Gasteiger partial charge in [0, 0.05) is 50.2 Å². The van der Waals surface area contributed by atoms with Crippen molar-refractivity contribution in [1.29, 1.82) is 5.41 Å². The van der Waals surface area contributed by atoms with Crippen molar-refractivity contribution in [3.63, 3.8) is 0 Å². The molecule has 1 aromatic carbocycles. The predicted molar refractivity (Wildman–Crippen MR) is 142 cm³/mol. The van der Waals surface area contributed by atoms with Crippen LogP contribution in [0.25, 0.3) is 5.57 Å². The fraction of sp³-hybridized carbons (Fsp3) is 0.360. The summed E-state index contributed by atoms with van der Waals surface area (Å²) in [6.45, 7) is 5.20. The minimum absolute atomic E-state index is 0.0311. The van der Waals surface area contributed by atoms with Crippen molar-refractivity contribution in [2.75, 3.05) is 56.9 Å². The standard InChI is InChI=1S/C25H33FN8O2/c1-6-23(35)30-19-11-20(31-25-29-15-18(26)24(32-25)16(13-27)14-28-2)22(36-5)12-21(19)34-9-7-17(8-10-34)33(3)4/h6,11-15,17,27-28H,1,7-10H2,2-5H3,(H,30,35)(H,29,31,32)/b16-14+,27-13?. The number of nitrogens with zero attached hydrogens (tertiary/aromatic N) is 4. The summed E-state index contributed by atoms with van der Waals surface area (Å²) in [5.41, 5.74) is 2.10. The third-order valence-corrected chi connectivity index (χ3v) is 6.02. The molecule has 0 bridgehead atoms. The summed E-state index contributed by atoms with van der Waals surface area (Å²) >= 11 is 0. The lowest BCUT2D eigenvalue weighted by Gasteiger charge is -2.37. The molecule has 0 saturated carbocycles. The second-order valence-electron chi connectivity index (χ2n) is 8.49. The Kier molecular flexibility index (Phi) is 8.96. The zero-order valence-corrected chi connectivity index (χ0v) is 21.1. The van der Waals surface area contributed by atoms with Gasteiger partial charge in [0.1, 0.15) is 11.4 Å². The van der Waals surface area contributed by atoms with E-state index in [4.69, 9.17) is 10.1 Å². The van der Waals surface area contributed by atoms with Gasteiger partial charge in [0.2, 0.25) is 11.9 Å². The summed E-state index contributed by atoms with van der Waals surface area (Å²) in [6, 6.07) is 4.09. The maximum atomic E-state index is 14.4. The van der Waals surface area contributed by atoms with Gasteiger partial charge in [-0.15, -0.1) is 0 Å². The van der Waals surface area contributed by atoms with Crippen LogP contribution in [0.2, 0.25) is 0 Å². The highest BCUT2D eigenvalue weighted by Gasteiger charge is 2.24. The molecular weight excluding hydrogens is 463 g/mol. The Balaban J connectivity index is 1.99. The molecule has 36 heavy (non-hydrogen) atoms. The minimum atomic E-state index is -0.659. The van der Waals surface area contributed by atoms with E-state index < -0.39 is 5.82 Å². The first-order valence-electron chi connectivity index (χ1n) is 11.6. The number of benzene rings is 1. The quantitative estimate of drug-likeness (QED) is 0.293. The van der Waals surface area contributed by atoms with Gasteiger partial charge in [-0.3, -0.25) is 4.79 Å². The molecule has 1 fully saturated rings. The van der Waals surface area contributed by atoms with Gasteiger partial charge in [0.25, 0.3) is 0 Å². The van der Waals surface area contributed by atoms with E-state index in [1.54, 1.807) is 20.2 Å². The number of hydrogen-bond donors (Lipinski definition) is 4. The number of hydrogen-bond acceptors (Lipinski definition) is 9. The number of halogens is 1. The molecule has 0 atom stereocenters. The largest absolute Gasteiger partial charge is 0.494 e. The third kappa shape index (κ3) is 6.16. The van der Waals surface area contributed by atoms with Crippen LogP contribution >= 0.6 is 0 Å². The highest BCUT2D eigenvalue weighted by Crippen LogP contribution is 2.39. The molecule has 192 valence electrons. The van der Waals surface area contributed by atoms with E-state index in [9.17, 15) is 9.18 Å².